The average Bonchev–Trinajstić information content (AvgIpc) is 2.95. The molecule has 0 fully saturated rings. The van der Waals surface area contributed by atoms with Gasteiger partial charge in [-0.3, -0.25) is 13.9 Å². The Morgan fingerprint density at radius 2 is 1.60 bits per heavy atom. The van der Waals surface area contributed by atoms with Crippen molar-refractivity contribution in [2.24, 2.45) is 0 Å². The van der Waals surface area contributed by atoms with Gasteiger partial charge >= 0.3 is 0 Å². The van der Waals surface area contributed by atoms with E-state index in [-0.39, 0.29) is 23.0 Å². The minimum Gasteiger partial charge on any atom is -0.497 e. The molecule has 0 aromatic heterocycles. The molecule has 0 bridgehead atoms. The topological polar surface area (TPSA) is 96.0 Å². The van der Waals surface area contributed by atoms with E-state index >= 15 is 0 Å². The Labute approximate surface area is 241 Å². The van der Waals surface area contributed by atoms with Gasteiger partial charge in [-0.25, -0.2) is 8.42 Å². The van der Waals surface area contributed by atoms with Crippen molar-refractivity contribution in [1.29, 1.82) is 0 Å². The molecule has 40 heavy (non-hydrogen) atoms. The number of amides is 2. The lowest BCUT2D eigenvalue weighted by Crippen LogP contribution is -2.51. The standard InChI is InChI=1S/C30H36ClN3O5S/c1-5-6-19-32-30(36)23(3)33(20-24-9-15-27(39-4)16-10-24)29(35)21-34(26-13-11-25(31)12-14-26)40(37,38)28-17-7-22(2)8-18-28/h7-18,23H,5-6,19-21H2,1-4H3,(H,32,36)/t23-/m1/s1. The van der Waals surface area contributed by atoms with Crippen molar-refractivity contribution >= 4 is 39.1 Å². The Morgan fingerprint density at radius 1 is 0.975 bits per heavy atom. The Morgan fingerprint density at radius 3 is 2.17 bits per heavy atom. The minimum atomic E-state index is -4.13. The Balaban J connectivity index is 1.98. The van der Waals surface area contributed by atoms with Crippen molar-refractivity contribution in [3.05, 3.63) is 88.9 Å². The zero-order chi connectivity index (χ0) is 29.3. The number of nitrogens with one attached hydrogen (secondary N) is 1. The number of anilines is 1. The summed E-state index contributed by atoms with van der Waals surface area (Å²) in [6.07, 6.45) is 1.72. The van der Waals surface area contributed by atoms with Gasteiger partial charge in [0.2, 0.25) is 11.8 Å². The normalized spacial score (nSPS) is 11.9. The fraction of sp³-hybridized carbons (Fsp3) is 0.333. The van der Waals surface area contributed by atoms with Crippen LogP contribution in [0.1, 0.15) is 37.8 Å². The van der Waals surface area contributed by atoms with Crippen LogP contribution in [0.5, 0.6) is 5.75 Å². The molecule has 0 aliphatic heterocycles. The Hall–Kier alpha value is -3.56. The first-order chi connectivity index (χ1) is 19.1. The van der Waals surface area contributed by atoms with Gasteiger partial charge in [0.1, 0.15) is 18.3 Å². The molecule has 214 valence electrons. The highest BCUT2D eigenvalue weighted by Gasteiger charge is 2.32. The molecule has 1 N–H and O–H groups in total. The van der Waals surface area contributed by atoms with Crippen molar-refractivity contribution < 1.29 is 22.7 Å². The number of unbranched alkanes of at least 4 members (excludes halogenated alkanes) is 1. The maximum atomic E-state index is 13.9. The van der Waals surface area contributed by atoms with E-state index in [1.165, 1.54) is 17.0 Å². The van der Waals surface area contributed by atoms with Crippen LogP contribution in [0.3, 0.4) is 0 Å². The second-order valence-corrected chi connectivity index (χ2v) is 11.8. The molecule has 0 radical (unpaired) electrons. The molecule has 1 atom stereocenters. The third kappa shape index (κ3) is 7.99. The highest BCUT2D eigenvalue weighted by molar-refractivity contribution is 7.92. The van der Waals surface area contributed by atoms with E-state index in [0.717, 1.165) is 28.3 Å². The predicted molar refractivity (Wildman–Crippen MR) is 158 cm³/mol. The van der Waals surface area contributed by atoms with Crippen LogP contribution in [0.2, 0.25) is 5.02 Å². The van der Waals surface area contributed by atoms with Crippen molar-refractivity contribution in [2.75, 3.05) is 24.5 Å². The number of nitrogens with zero attached hydrogens (tertiary/aromatic N) is 2. The number of sulfonamides is 1. The zero-order valence-corrected chi connectivity index (χ0v) is 24.8. The van der Waals surface area contributed by atoms with Gasteiger partial charge in [0.25, 0.3) is 10.0 Å². The maximum Gasteiger partial charge on any atom is 0.264 e. The molecule has 0 aliphatic carbocycles. The summed E-state index contributed by atoms with van der Waals surface area (Å²) in [7, 11) is -2.57. The fourth-order valence-corrected chi connectivity index (χ4v) is 5.56. The minimum absolute atomic E-state index is 0.0490. The summed E-state index contributed by atoms with van der Waals surface area (Å²) >= 11 is 6.07. The summed E-state index contributed by atoms with van der Waals surface area (Å²) in [6.45, 7) is 5.60. The molecule has 8 nitrogen and oxygen atoms in total. The molecule has 0 spiro atoms. The summed E-state index contributed by atoms with van der Waals surface area (Å²) in [5.74, 6) is -0.181. The summed E-state index contributed by atoms with van der Waals surface area (Å²) < 4.78 is 33.9. The lowest BCUT2D eigenvalue weighted by Gasteiger charge is -2.32. The Kier molecular flexibility index (Phi) is 11.0. The van der Waals surface area contributed by atoms with Crippen molar-refractivity contribution in [3.63, 3.8) is 0 Å². The van der Waals surface area contributed by atoms with Crippen molar-refractivity contribution in [1.82, 2.24) is 10.2 Å². The molecule has 0 saturated heterocycles. The number of carbonyl (C=O) groups excluding carboxylic acids is 2. The van der Waals surface area contributed by atoms with Gasteiger partial charge in [-0.1, -0.05) is 54.8 Å². The quantitative estimate of drug-likeness (QED) is 0.279. The molecule has 3 rings (SSSR count). The third-order valence-electron chi connectivity index (χ3n) is 6.51. The lowest BCUT2D eigenvalue weighted by atomic mass is 10.1. The van der Waals surface area contributed by atoms with Gasteiger partial charge in [-0.05, 0) is 74.4 Å². The molecule has 0 aliphatic rings. The molecule has 3 aromatic carbocycles. The second-order valence-electron chi connectivity index (χ2n) is 9.49. The molecule has 0 heterocycles. The molecule has 2 amide bonds. The zero-order valence-electron chi connectivity index (χ0n) is 23.3. The van der Waals surface area contributed by atoms with Gasteiger partial charge in [0.05, 0.1) is 17.7 Å². The van der Waals surface area contributed by atoms with Gasteiger partial charge in [0.15, 0.2) is 0 Å². The monoisotopic (exact) mass is 585 g/mol. The van der Waals surface area contributed by atoms with Crippen LogP contribution in [0, 0.1) is 6.92 Å². The number of benzene rings is 3. The number of halogens is 1. The van der Waals surface area contributed by atoms with Gasteiger partial charge < -0.3 is 15.0 Å². The Bertz CT molecular complexity index is 1380. The van der Waals surface area contributed by atoms with E-state index in [4.69, 9.17) is 16.3 Å². The largest absolute Gasteiger partial charge is 0.497 e. The van der Waals surface area contributed by atoms with Gasteiger partial charge in [0, 0.05) is 18.1 Å². The number of ether oxygens (including phenoxy) is 1. The van der Waals surface area contributed by atoms with Crippen LogP contribution in [-0.2, 0) is 26.2 Å². The fourth-order valence-electron chi connectivity index (χ4n) is 4.02. The molecule has 0 unspecified atom stereocenters. The molecule has 0 saturated carbocycles. The van der Waals surface area contributed by atoms with E-state index in [1.807, 2.05) is 13.8 Å². The molecule has 3 aromatic rings. The molecule has 10 heteroatoms. The number of rotatable bonds is 13. The number of methoxy groups -OCH3 is 1. The van der Waals surface area contributed by atoms with Crippen molar-refractivity contribution in [2.45, 2.75) is 51.1 Å². The molecular formula is C30H36ClN3O5S. The van der Waals surface area contributed by atoms with Crippen LogP contribution in [-0.4, -0.2) is 51.4 Å². The highest BCUT2D eigenvalue weighted by atomic mass is 35.5. The predicted octanol–water partition coefficient (Wildman–Crippen LogP) is 5.19. The number of hydrogen-bond donors (Lipinski definition) is 1. The van der Waals surface area contributed by atoms with E-state index in [9.17, 15) is 18.0 Å². The van der Waals surface area contributed by atoms with Gasteiger partial charge in [-0.2, -0.15) is 0 Å². The van der Waals surface area contributed by atoms with Gasteiger partial charge in [-0.15, -0.1) is 0 Å². The third-order valence-corrected chi connectivity index (χ3v) is 8.55. The lowest BCUT2D eigenvalue weighted by molar-refractivity contribution is -0.139. The summed E-state index contributed by atoms with van der Waals surface area (Å²) in [4.78, 5) is 28.4. The average molecular weight is 586 g/mol. The first-order valence-corrected chi connectivity index (χ1v) is 14.9. The van der Waals surface area contributed by atoms with Crippen LogP contribution < -0.4 is 14.4 Å². The number of carbonyl (C=O) groups is 2. The number of hydrogen-bond acceptors (Lipinski definition) is 5. The highest BCUT2D eigenvalue weighted by Crippen LogP contribution is 2.26. The second kappa shape index (κ2) is 14.2. The van der Waals surface area contributed by atoms with Crippen molar-refractivity contribution in [3.8, 4) is 5.75 Å². The summed E-state index contributed by atoms with van der Waals surface area (Å²) in [6, 6.07) is 19.0. The van der Waals surface area contributed by atoms with E-state index in [0.29, 0.717) is 17.3 Å². The van der Waals surface area contributed by atoms with E-state index in [2.05, 4.69) is 5.32 Å². The van der Waals surface area contributed by atoms with E-state index in [1.54, 1.807) is 74.7 Å². The first kappa shape index (κ1) is 31.0. The van der Waals surface area contributed by atoms with Crippen LogP contribution in [0.4, 0.5) is 5.69 Å². The van der Waals surface area contributed by atoms with Crippen LogP contribution in [0.15, 0.2) is 77.7 Å². The van der Waals surface area contributed by atoms with Crippen LogP contribution in [0.25, 0.3) is 0 Å². The number of aryl methyl sites for hydroxylation is 1. The molecular weight excluding hydrogens is 550 g/mol. The maximum absolute atomic E-state index is 13.9. The summed E-state index contributed by atoms with van der Waals surface area (Å²) in [5.41, 5.74) is 1.95. The SMILES string of the molecule is CCCCNC(=O)[C@@H](C)N(Cc1ccc(OC)cc1)C(=O)CN(c1ccc(Cl)cc1)S(=O)(=O)c1ccc(C)cc1. The van der Waals surface area contributed by atoms with E-state index < -0.39 is 28.5 Å². The first-order valence-electron chi connectivity index (χ1n) is 13.1. The summed E-state index contributed by atoms with van der Waals surface area (Å²) in [5, 5.41) is 3.31. The smallest absolute Gasteiger partial charge is 0.264 e. The van der Waals surface area contributed by atoms with Crippen LogP contribution >= 0.6 is 11.6 Å².